The lowest BCUT2D eigenvalue weighted by Gasteiger charge is -2.18. The van der Waals surface area contributed by atoms with Crippen LogP contribution < -0.4 is 5.32 Å². The van der Waals surface area contributed by atoms with Gasteiger partial charge in [-0.05, 0) is 37.5 Å². The van der Waals surface area contributed by atoms with Crippen molar-refractivity contribution in [2.75, 3.05) is 5.32 Å². The van der Waals surface area contributed by atoms with Crippen molar-refractivity contribution in [3.05, 3.63) is 70.9 Å². The van der Waals surface area contributed by atoms with Gasteiger partial charge in [0.05, 0.1) is 5.02 Å². The fraction of sp³-hybridized carbons (Fsp3) is 0.333. The molecule has 0 spiro atoms. The van der Waals surface area contributed by atoms with Crippen LogP contribution in [0, 0.1) is 12.8 Å². The first-order valence-electron chi connectivity index (χ1n) is 9.66. The number of hydrogen-bond acceptors (Lipinski definition) is 4. The van der Waals surface area contributed by atoms with E-state index in [9.17, 15) is 18.0 Å². The maximum absolute atomic E-state index is 12.9. The Bertz CT molecular complexity index is 1080. The Morgan fingerprint density at radius 3 is 2.61 bits per heavy atom. The topological polar surface area (TPSA) is 72.7 Å². The molecule has 4 rings (SSSR count). The highest BCUT2D eigenvalue weighted by atomic mass is 35.5. The number of anilines is 1. The van der Waals surface area contributed by atoms with Crippen molar-refractivity contribution in [1.29, 1.82) is 0 Å². The monoisotopic (exact) mass is 449 g/mol. The minimum absolute atomic E-state index is 0.183. The molecule has 1 aliphatic carbocycles. The molecule has 0 radical (unpaired) electrons. The van der Waals surface area contributed by atoms with E-state index in [1.54, 1.807) is 12.1 Å². The van der Waals surface area contributed by atoms with Crippen molar-refractivity contribution in [2.24, 2.45) is 5.92 Å². The predicted molar refractivity (Wildman–Crippen MR) is 108 cm³/mol. The highest BCUT2D eigenvalue weighted by Gasteiger charge is 2.58. The number of amides is 1. The van der Waals surface area contributed by atoms with Gasteiger partial charge in [-0.2, -0.15) is 13.2 Å². The summed E-state index contributed by atoms with van der Waals surface area (Å²) in [5.74, 6) is -1.10. The molecule has 1 aromatic carbocycles. The summed E-state index contributed by atoms with van der Waals surface area (Å²) in [7, 11) is 0. The molecule has 0 bridgehead atoms. The van der Waals surface area contributed by atoms with E-state index in [1.165, 1.54) is 17.8 Å². The van der Waals surface area contributed by atoms with Crippen LogP contribution in [0.15, 0.2) is 48.7 Å². The first-order chi connectivity index (χ1) is 14.7. The third-order valence-electron chi connectivity index (χ3n) is 5.60. The van der Waals surface area contributed by atoms with E-state index < -0.39 is 17.4 Å². The molecule has 0 saturated heterocycles. The molecule has 0 aliphatic heterocycles. The third-order valence-corrected chi connectivity index (χ3v) is 5.82. The van der Waals surface area contributed by atoms with Crippen LogP contribution in [0.5, 0.6) is 0 Å². The molecule has 1 amide bonds. The summed E-state index contributed by atoms with van der Waals surface area (Å²) < 4.78 is 40.0. The van der Waals surface area contributed by atoms with Crippen LogP contribution in [0.25, 0.3) is 0 Å². The summed E-state index contributed by atoms with van der Waals surface area (Å²) in [4.78, 5) is 20.5. The standard InChI is InChI=1S/C21H19ClF3N5O/c1-13-27-19(21(23,24)25)29-30(13)10-9-20(14-5-3-2-4-6-14)11-16(20)18(31)28-17-8-7-15(22)12-26-17/h2-8,12,16H,9-11H2,1H3,(H,26,28,31)/t16-,20-/m0/s1. The summed E-state index contributed by atoms with van der Waals surface area (Å²) >= 11 is 5.83. The van der Waals surface area contributed by atoms with E-state index in [4.69, 9.17) is 11.6 Å². The van der Waals surface area contributed by atoms with Crippen LogP contribution in [-0.4, -0.2) is 25.7 Å². The number of nitrogens with zero attached hydrogens (tertiary/aromatic N) is 4. The van der Waals surface area contributed by atoms with Crippen LogP contribution >= 0.6 is 11.6 Å². The largest absolute Gasteiger partial charge is 0.453 e. The fourth-order valence-electron chi connectivity index (χ4n) is 3.88. The average molecular weight is 450 g/mol. The molecule has 2 atom stereocenters. The Balaban J connectivity index is 1.53. The van der Waals surface area contributed by atoms with Crippen molar-refractivity contribution in [3.8, 4) is 0 Å². The number of nitrogens with one attached hydrogen (secondary N) is 1. The summed E-state index contributed by atoms with van der Waals surface area (Å²) in [6.07, 6.45) is -2.12. The lowest BCUT2D eigenvalue weighted by Crippen LogP contribution is -2.23. The van der Waals surface area contributed by atoms with Gasteiger partial charge in [-0.15, -0.1) is 5.10 Å². The van der Waals surface area contributed by atoms with E-state index in [1.807, 2.05) is 30.3 Å². The highest BCUT2D eigenvalue weighted by Crippen LogP contribution is 2.57. The molecule has 1 aliphatic rings. The molecule has 1 fully saturated rings. The van der Waals surface area contributed by atoms with Gasteiger partial charge in [0.25, 0.3) is 5.82 Å². The van der Waals surface area contributed by atoms with Crippen molar-refractivity contribution in [3.63, 3.8) is 0 Å². The van der Waals surface area contributed by atoms with Gasteiger partial charge in [0.1, 0.15) is 11.6 Å². The molecule has 2 heterocycles. The minimum Gasteiger partial charge on any atom is -0.310 e. The van der Waals surface area contributed by atoms with Crippen molar-refractivity contribution < 1.29 is 18.0 Å². The van der Waals surface area contributed by atoms with Crippen LogP contribution in [0.1, 0.15) is 30.1 Å². The number of benzene rings is 1. The van der Waals surface area contributed by atoms with Crippen LogP contribution in [0.2, 0.25) is 5.02 Å². The number of halogens is 4. The Morgan fingerprint density at radius 1 is 1.26 bits per heavy atom. The fourth-order valence-corrected chi connectivity index (χ4v) is 3.99. The lowest BCUT2D eigenvalue weighted by atomic mass is 9.89. The van der Waals surface area contributed by atoms with E-state index >= 15 is 0 Å². The smallest absolute Gasteiger partial charge is 0.310 e. The second kappa shape index (κ2) is 7.96. The number of carbonyl (C=O) groups is 1. The molecule has 1 saturated carbocycles. The van der Waals surface area contributed by atoms with Gasteiger partial charge >= 0.3 is 6.18 Å². The van der Waals surface area contributed by atoms with Crippen molar-refractivity contribution in [1.82, 2.24) is 19.7 Å². The van der Waals surface area contributed by atoms with E-state index in [0.29, 0.717) is 23.7 Å². The third kappa shape index (κ3) is 4.41. The summed E-state index contributed by atoms with van der Waals surface area (Å²) in [6.45, 7) is 1.70. The van der Waals surface area contributed by atoms with Gasteiger partial charge in [0, 0.05) is 24.1 Å². The number of aromatic nitrogens is 4. The number of alkyl halides is 3. The summed E-state index contributed by atoms with van der Waals surface area (Å²) in [5, 5.41) is 6.87. The number of rotatable bonds is 6. The molecule has 3 aromatic rings. The zero-order valence-corrected chi connectivity index (χ0v) is 17.3. The van der Waals surface area contributed by atoms with Crippen LogP contribution in [0.3, 0.4) is 0 Å². The van der Waals surface area contributed by atoms with Gasteiger partial charge in [-0.3, -0.25) is 4.79 Å². The first kappa shape index (κ1) is 21.3. The quantitative estimate of drug-likeness (QED) is 0.595. The SMILES string of the molecule is Cc1nc(C(F)(F)F)nn1CC[C@@]1(c2ccccc2)C[C@H]1C(=O)Nc1ccc(Cl)cn1. The second-order valence-corrected chi connectivity index (χ2v) is 8.02. The Labute approximate surface area is 181 Å². The minimum atomic E-state index is -4.60. The molecule has 6 nitrogen and oxygen atoms in total. The predicted octanol–water partition coefficient (Wildman–Crippen LogP) is 4.64. The van der Waals surface area contributed by atoms with E-state index in [2.05, 4.69) is 20.4 Å². The van der Waals surface area contributed by atoms with E-state index in [-0.39, 0.29) is 24.2 Å². The Kier molecular flexibility index (Phi) is 5.47. The average Bonchev–Trinajstić information content (AvgIpc) is 3.36. The zero-order chi connectivity index (χ0) is 22.2. The summed E-state index contributed by atoms with van der Waals surface area (Å²) in [6, 6.07) is 12.8. The van der Waals surface area contributed by atoms with Crippen molar-refractivity contribution >= 4 is 23.3 Å². The number of aryl methyl sites for hydroxylation is 2. The highest BCUT2D eigenvalue weighted by molar-refractivity contribution is 6.30. The van der Waals surface area contributed by atoms with E-state index in [0.717, 1.165) is 5.56 Å². The lowest BCUT2D eigenvalue weighted by molar-refractivity contribution is -0.145. The molecule has 31 heavy (non-hydrogen) atoms. The molecule has 10 heteroatoms. The molecule has 2 aromatic heterocycles. The van der Waals surface area contributed by atoms with Gasteiger partial charge in [0.2, 0.25) is 5.91 Å². The number of carbonyl (C=O) groups excluding carboxylic acids is 1. The molecule has 162 valence electrons. The first-order valence-corrected chi connectivity index (χ1v) is 10.0. The maximum Gasteiger partial charge on any atom is 0.453 e. The van der Waals surface area contributed by atoms with Crippen molar-refractivity contribution in [2.45, 2.75) is 37.9 Å². The normalized spacial score (nSPS) is 20.5. The number of pyridine rings is 1. The Hall–Kier alpha value is -2.94. The maximum atomic E-state index is 12.9. The second-order valence-electron chi connectivity index (χ2n) is 7.58. The van der Waals surface area contributed by atoms with Gasteiger partial charge in [-0.25, -0.2) is 14.6 Å². The van der Waals surface area contributed by atoms with Crippen LogP contribution in [0.4, 0.5) is 19.0 Å². The zero-order valence-electron chi connectivity index (χ0n) is 16.5. The van der Waals surface area contributed by atoms with Crippen LogP contribution in [-0.2, 0) is 22.9 Å². The Morgan fingerprint density at radius 2 is 2.00 bits per heavy atom. The van der Waals surface area contributed by atoms with Gasteiger partial charge in [0.15, 0.2) is 0 Å². The van der Waals surface area contributed by atoms with Gasteiger partial charge in [-0.1, -0.05) is 41.9 Å². The number of hydrogen-bond donors (Lipinski definition) is 1. The molecular formula is C21H19ClF3N5O. The van der Waals surface area contributed by atoms with Gasteiger partial charge < -0.3 is 5.32 Å². The molecule has 0 unspecified atom stereocenters. The molecule has 1 N–H and O–H groups in total. The summed E-state index contributed by atoms with van der Waals surface area (Å²) in [5.41, 5.74) is 0.474. The molecular weight excluding hydrogens is 431 g/mol.